The van der Waals surface area contributed by atoms with Crippen LogP contribution >= 0.6 is 15.9 Å². The van der Waals surface area contributed by atoms with E-state index in [1.807, 2.05) is 0 Å². The first-order chi connectivity index (χ1) is 9.58. The molecule has 0 atom stereocenters. The number of nitrogens with one attached hydrogen (secondary N) is 1. The summed E-state index contributed by atoms with van der Waals surface area (Å²) >= 11 is 3.10. The third-order valence-electron chi connectivity index (χ3n) is 2.97. The van der Waals surface area contributed by atoms with Crippen molar-refractivity contribution >= 4 is 26.8 Å². The Labute approximate surface area is 121 Å². The van der Waals surface area contributed by atoms with E-state index in [0.29, 0.717) is 15.4 Å². The molecular formula is C14H9BrN2O3. The zero-order valence-corrected chi connectivity index (χ0v) is 11.7. The number of rotatable bonds is 1. The van der Waals surface area contributed by atoms with Crippen molar-refractivity contribution in [3.05, 3.63) is 51.2 Å². The Morgan fingerprint density at radius 1 is 1.05 bits per heavy atom. The molecule has 0 saturated carbocycles. The predicted octanol–water partition coefficient (Wildman–Crippen LogP) is 2.76. The summed E-state index contributed by atoms with van der Waals surface area (Å²) < 4.78 is 0.363. The van der Waals surface area contributed by atoms with Crippen molar-refractivity contribution in [3.63, 3.8) is 0 Å². The van der Waals surface area contributed by atoms with Gasteiger partial charge in [-0.1, -0.05) is 12.1 Å². The minimum Gasteiger partial charge on any atom is -0.504 e. The number of hydrogen-bond acceptors (Lipinski definition) is 4. The smallest absolute Gasteiger partial charge is 0.259 e. The lowest BCUT2D eigenvalue weighted by Crippen LogP contribution is -2.09. The van der Waals surface area contributed by atoms with Gasteiger partial charge in [0.05, 0.1) is 20.9 Å². The Bertz CT molecular complexity index is 874. The van der Waals surface area contributed by atoms with Crippen molar-refractivity contribution in [2.24, 2.45) is 0 Å². The van der Waals surface area contributed by atoms with E-state index in [0.717, 1.165) is 0 Å². The highest BCUT2D eigenvalue weighted by Crippen LogP contribution is 2.39. The summed E-state index contributed by atoms with van der Waals surface area (Å²) in [5.41, 5.74) is 0.481. The normalized spacial score (nSPS) is 10.8. The van der Waals surface area contributed by atoms with Crippen LogP contribution in [-0.2, 0) is 0 Å². The Morgan fingerprint density at radius 2 is 1.80 bits per heavy atom. The summed E-state index contributed by atoms with van der Waals surface area (Å²) in [5, 5.41) is 20.1. The minimum absolute atomic E-state index is 0.203. The quantitative estimate of drug-likeness (QED) is 0.598. The van der Waals surface area contributed by atoms with Gasteiger partial charge in [0.2, 0.25) is 0 Å². The second kappa shape index (κ2) is 4.64. The van der Waals surface area contributed by atoms with Gasteiger partial charge >= 0.3 is 0 Å². The molecule has 1 aromatic heterocycles. The number of phenols is 2. The fourth-order valence-corrected chi connectivity index (χ4v) is 2.28. The lowest BCUT2D eigenvalue weighted by molar-refractivity contribution is 0.402. The molecule has 0 aliphatic rings. The van der Waals surface area contributed by atoms with Crippen LogP contribution in [0.5, 0.6) is 11.5 Å². The Hall–Kier alpha value is -2.34. The number of halogens is 1. The summed E-state index contributed by atoms with van der Waals surface area (Å²) in [6.07, 6.45) is 0. The Morgan fingerprint density at radius 3 is 2.60 bits per heavy atom. The number of hydrogen-bond donors (Lipinski definition) is 3. The van der Waals surface area contributed by atoms with Gasteiger partial charge in [0, 0.05) is 0 Å². The van der Waals surface area contributed by atoms with Gasteiger partial charge in [0.15, 0.2) is 11.5 Å². The number of nitrogens with zero attached hydrogens (tertiary/aromatic N) is 1. The van der Waals surface area contributed by atoms with E-state index in [-0.39, 0.29) is 28.4 Å². The predicted molar refractivity (Wildman–Crippen MR) is 78.8 cm³/mol. The molecule has 0 aliphatic heterocycles. The van der Waals surface area contributed by atoms with Gasteiger partial charge in [0.1, 0.15) is 5.82 Å². The molecule has 0 amide bonds. The Balaban J connectivity index is 2.31. The first kappa shape index (κ1) is 12.7. The van der Waals surface area contributed by atoms with Gasteiger partial charge in [-0.3, -0.25) is 4.79 Å². The van der Waals surface area contributed by atoms with Crippen molar-refractivity contribution in [2.45, 2.75) is 0 Å². The van der Waals surface area contributed by atoms with Gasteiger partial charge in [-0.2, -0.15) is 0 Å². The molecule has 100 valence electrons. The van der Waals surface area contributed by atoms with Gasteiger partial charge in [0.25, 0.3) is 5.56 Å². The van der Waals surface area contributed by atoms with Gasteiger partial charge in [-0.25, -0.2) is 4.98 Å². The van der Waals surface area contributed by atoms with E-state index >= 15 is 0 Å². The Kier molecular flexibility index (Phi) is 2.94. The van der Waals surface area contributed by atoms with E-state index in [9.17, 15) is 15.0 Å². The number of H-pyrrole nitrogens is 1. The zero-order chi connectivity index (χ0) is 14.3. The van der Waals surface area contributed by atoms with E-state index < -0.39 is 0 Å². The van der Waals surface area contributed by atoms with Crippen LogP contribution < -0.4 is 5.56 Å². The summed E-state index contributed by atoms with van der Waals surface area (Å²) in [5.74, 6) is -0.426. The summed E-state index contributed by atoms with van der Waals surface area (Å²) in [4.78, 5) is 18.9. The topological polar surface area (TPSA) is 86.2 Å². The van der Waals surface area contributed by atoms with Crippen LogP contribution in [0.15, 0.2) is 45.7 Å². The molecule has 0 saturated heterocycles. The van der Waals surface area contributed by atoms with Gasteiger partial charge in [-0.15, -0.1) is 0 Å². The minimum atomic E-state index is -0.335. The summed E-state index contributed by atoms with van der Waals surface area (Å²) in [6.45, 7) is 0. The highest BCUT2D eigenvalue weighted by Gasteiger charge is 2.14. The lowest BCUT2D eigenvalue weighted by atomic mass is 10.1. The molecule has 3 rings (SSSR count). The molecule has 0 radical (unpaired) electrons. The van der Waals surface area contributed by atoms with Crippen LogP contribution in [0.1, 0.15) is 0 Å². The number of fused-ring (bicyclic) bond motifs is 1. The maximum atomic E-state index is 12.0. The number of phenolic OH excluding ortho intramolecular Hbond substituents is 2. The van der Waals surface area contributed by atoms with Gasteiger partial charge in [-0.05, 0) is 40.2 Å². The average Bonchev–Trinajstić information content (AvgIpc) is 2.45. The molecule has 0 aliphatic carbocycles. The molecule has 0 fully saturated rings. The monoisotopic (exact) mass is 332 g/mol. The van der Waals surface area contributed by atoms with E-state index in [4.69, 9.17) is 0 Å². The fraction of sp³-hybridized carbons (Fsp3) is 0. The van der Waals surface area contributed by atoms with Crippen molar-refractivity contribution in [1.29, 1.82) is 0 Å². The summed E-state index contributed by atoms with van der Waals surface area (Å²) in [7, 11) is 0. The van der Waals surface area contributed by atoms with E-state index in [2.05, 4.69) is 25.9 Å². The van der Waals surface area contributed by atoms with E-state index in [1.54, 1.807) is 36.4 Å². The molecule has 0 spiro atoms. The highest BCUT2D eigenvalue weighted by molar-refractivity contribution is 9.10. The standard InChI is InChI=1S/C14H9BrN2O3/c15-9-6-5-8(11(18)12(9)19)13-16-10-4-2-1-3-7(10)14(20)17-13/h1-6,18-19H,(H,16,17,20). The van der Waals surface area contributed by atoms with Crippen LogP contribution in [0.4, 0.5) is 0 Å². The molecule has 3 aromatic rings. The van der Waals surface area contributed by atoms with Gasteiger partial charge < -0.3 is 15.2 Å². The first-order valence-electron chi connectivity index (χ1n) is 5.78. The third-order valence-corrected chi connectivity index (χ3v) is 3.61. The van der Waals surface area contributed by atoms with Crippen molar-refractivity contribution in [2.75, 3.05) is 0 Å². The van der Waals surface area contributed by atoms with Crippen LogP contribution in [0.3, 0.4) is 0 Å². The first-order valence-corrected chi connectivity index (χ1v) is 6.57. The maximum absolute atomic E-state index is 12.0. The SMILES string of the molecule is O=c1[nH]c(-c2ccc(Br)c(O)c2O)nc2ccccc12. The molecule has 0 unspecified atom stereocenters. The second-order valence-corrected chi connectivity index (χ2v) is 5.08. The van der Waals surface area contributed by atoms with Crippen LogP contribution in [-0.4, -0.2) is 20.2 Å². The molecule has 3 N–H and O–H groups in total. The summed E-state index contributed by atoms with van der Waals surface area (Å²) in [6, 6.07) is 10.0. The lowest BCUT2D eigenvalue weighted by Gasteiger charge is -2.07. The fourth-order valence-electron chi connectivity index (χ4n) is 1.96. The molecule has 5 nitrogen and oxygen atoms in total. The molecular weight excluding hydrogens is 324 g/mol. The van der Waals surface area contributed by atoms with E-state index in [1.165, 1.54) is 0 Å². The molecule has 20 heavy (non-hydrogen) atoms. The number of aromatic hydroxyl groups is 2. The second-order valence-electron chi connectivity index (χ2n) is 4.22. The number of aromatic amines is 1. The number of para-hydroxylation sites is 1. The zero-order valence-electron chi connectivity index (χ0n) is 10.1. The van der Waals surface area contributed by atoms with Crippen molar-refractivity contribution < 1.29 is 10.2 Å². The number of aromatic nitrogens is 2. The average molecular weight is 333 g/mol. The molecule has 6 heteroatoms. The van der Waals surface area contributed by atoms with Crippen LogP contribution in [0, 0.1) is 0 Å². The third kappa shape index (κ3) is 1.94. The highest BCUT2D eigenvalue weighted by atomic mass is 79.9. The molecule has 2 aromatic carbocycles. The van der Waals surface area contributed by atoms with Crippen LogP contribution in [0.25, 0.3) is 22.3 Å². The van der Waals surface area contributed by atoms with Crippen molar-refractivity contribution in [3.8, 4) is 22.9 Å². The molecule has 0 bridgehead atoms. The van der Waals surface area contributed by atoms with Crippen LogP contribution in [0.2, 0.25) is 0 Å². The maximum Gasteiger partial charge on any atom is 0.259 e. The van der Waals surface area contributed by atoms with Crippen molar-refractivity contribution in [1.82, 2.24) is 9.97 Å². The largest absolute Gasteiger partial charge is 0.504 e. The number of benzene rings is 2. The molecule has 1 heterocycles.